The van der Waals surface area contributed by atoms with E-state index in [1.54, 1.807) is 0 Å². The molecule has 2 nitrogen and oxygen atoms in total. The van der Waals surface area contributed by atoms with Crippen LogP contribution in [0.2, 0.25) is 0 Å². The molecule has 2 fully saturated rings. The molecule has 2 rings (SSSR count). The highest BCUT2D eigenvalue weighted by Crippen LogP contribution is 2.37. The van der Waals surface area contributed by atoms with Crippen LogP contribution in [0.25, 0.3) is 0 Å². The standard InChI is InChI=1S/C12H24N2/c13-10-4-5-11-6-9-12(14-11)7-2-1-3-8-12/h11,14H,1-10,13H2. The smallest absolute Gasteiger partial charge is 0.0184 e. The Morgan fingerprint density at radius 3 is 2.64 bits per heavy atom. The van der Waals surface area contributed by atoms with Crippen LogP contribution in [0.15, 0.2) is 0 Å². The topological polar surface area (TPSA) is 38.0 Å². The maximum absolute atomic E-state index is 5.55. The third-order valence-corrected chi connectivity index (χ3v) is 4.05. The van der Waals surface area contributed by atoms with Crippen molar-refractivity contribution in [2.75, 3.05) is 6.54 Å². The van der Waals surface area contributed by atoms with E-state index in [9.17, 15) is 0 Å². The van der Waals surface area contributed by atoms with E-state index in [0.29, 0.717) is 5.54 Å². The van der Waals surface area contributed by atoms with Crippen molar-refractivity contribution in [3.8, 4) is 0 Å². The summed E-state index contributed by atoms with van der Waals surface area (Å²) in [4.78, 5) is 0. The van der Waals surface area contributed by atoms with Crippen molar-refractivity contribution in [3.05, 3.63) is 0 Å². The largest absolute Gasteiger partial charge is 0.330 e. The van der Waals surface area contributed by atoms with Gasteiger partial charge in [0.2, 0.25) is 0 Å². The quantitative estimate of drug-likeness (QED) is 0.726. The van der Waals surface area contributed by atoms with Gasteiger partial charge >= 0.3 is 0 Å². The van der Waals surface area contributed by atoms with Crippen molar-refractivity contribution in [1.82, 2.24) is 5.32 Å². The molecule has 1 heterocycles. The van der Waals surface area contributed by atoms with E-state index in [-0.39, 0.29) is 0 Å². The average molecular weight is 196 g/mol. The molecule has 82 valence electrons. The molecule has 0 bridgehead atoms. The molecule has 1 aliphatic carbocycles. The van der Waals surface area contributed by atoms with E-state index in [4.69, 9.17) is 5.73 Å². The van der Waals surface area contributed by atoms with Crippen LogP contribution in [-0.2, 0) is 0 Å². The average Bonchev–Trinajstić information content (AvgIpc) is 2.60. The van der Waals surface area contributed by atoms with Gasteiger partial charge in [-0.3, -0.25) is 0 Å². The third-order valence-electron chi connectivity index (χ3n) is 4.05. The van der Waals surface area contributed by atoms with Crippen LogP contribution in [0.5, 0.6) is 0 Å². The van der Waals surface area contributed by atoms with Crippen LogP contribution in [0, 0.1) is 0 Å². The van der Waals surface area contributed by atoms with Crippen LogP contribution in [0.1, 0.15) is 57.8 Å². The number of rotatable bonds is 3. The second-order valence-electron chi connectivity index (χ2n) is 5.15. The van der Waals surface area contributed by atoms with Crippen LogP contribution >= 0.6 is 0 Å². The minimum absolute atomic E-state index is 0.553. The maximum atomic E-state index is 5.55. The van der Waals surface area contributed by atoms with Gasteiger partial charge in [0.15, 0.2) is 0 Å². The lowest BCUT2D eigenvalue weighted by molar-refractivity contribution is 0.251. The zero-order chi connectivity index (χ0) is 9.86. The zero-order valence-corrected chi connectivity index (χ0v) is 9.23. The molecule has 1 saturated heterocycles. The summed E-state index contributed by atoms with van der Waals surface area (Å²) < 4.78 is 0. The zero-order valence-electron chi connectivity index (χ0n) is 9.23. The molecule has 0 aromatic rings. The molecule has 0 radical (unpaired) electrons. The van der Waals surface area contributed by atoms with E-state index < -0.39 is 0 Å². The van der Waals surface area contributed by atoms with Crippen molar-refractivity contribution >= 4 is 0 Å². The number of hydrogen-bond acceptors (Lipinski definition) is 2. The Morgan fingerprint density at radius 1 is 1.14 bits per heavy atom. The molecule has 0 aromatic heterocycles. The molecule has 1 atom stereocenters. The van der Waals surface area contributed by atoms with Gasteiger partial charge in [-0.2, -0.15) is 0 Å². The maximum Gasteiger partial charge on any atom is 0.0184 e. The molecule has 1 unspecified atom stereocenters. The summed E-state index contributed by atoms with van der Waals surface area (Å²) in [7, 11) is 0. The van der Waals surface area contributed by atoms with E-state index in [1.807, 2.05) is 0 Å². The second-order valence-corrected chi connectivity index (χ2v) is 5.15. The Labute approximate surface area is 87.6 Å². The molecule has 1 saturated carbocycles. The summed E-state index contributed by atoms with van der Waals surface area (Å²) in [5, 5.41) is 3.89. The molecule has 0 amide bonds. The van der Waals surface area contributed by atoms with E-state index in [1.165, 1.54) is 57.8 Å². The first-order valence-corrected chi connectivity index (χ1v) is 6.32. The molecule has 2 heteroatoms. The van der Waals surface area contributed by atoms with Gasteiger partial charge in [0.25, 0.3) is 0 Å². The van der Waals surface area contributed by atoms with E-state index in [2.05, 4.69) is 5.32 Å². The number of hydrogen-bond donors (Lipinski definition) is 2. The highest BCUT2D eigenvalue weighted by atomic mass is 15.0. The Balaban J connectivity index is 1.80. The summed E-state index contributed by atoms with van der Waals surface area (Å²) in [5.41, 5.74) is 6.10. The van der Waals surface area contributed by atoms with Gasteiger partial charge in [-0.1, -0.05) is 19.3 Å². The Bertz CT molecular complexity index is 173. The third kappa shape index (κ3) is 2.29. The van der Waals surface area contributed by atoms with Gasteiger partial charge in [-0.15, -0.1) is 0 Å². The minimum Gasteiger partial charge on any atom is -0.330 e. The molecular formula is C12H24N2. The lowest BCUT2D eigenvalue weighted by atomic mass is 9.81. The van der Waals surface area contributed by atoms with Crippen LogP contribution in [-0.4, -0.2) is 18.1 Å². The van der Waals surface area contributed by atoms with Crippen molar-refractivity contribution in [2.24, 2.45) is 5.73 Å². The van der Waals surface area contributed by atoms with Gasteiger partial charge in [0.05, 0.1) is 0 Å². The Morgan fingerprint density at radius 2 is 1.93 bits per heavy atom. The first-order chi connectivity index (χ1) is 6.85. The predicted octanol–water partition coefficient (Wildman–Crippen LogP) is 2.18. The first-order valence-electron chi connectivity index (χ1n) is 6.32. The highest BCUT2D eigenvalue weighted by molar-refractivity contribution is 4.98. The number of nitrogens with two attached hydrogens (primary N) is 1. The van der Waals surface area contributed by atoms with E-state index in [0.717, 1.165) is 12.6 Å². The second kappa shape index (κ2) is 4.63. The summed E-state index contributed by atoms with van der Waals surface area (Å²) in [6, 6.07) is 0.775. The molecule has 3 N–H and O–H groups in total. The van der Waals surface area contributed by atoms with Crippen molar-refractivity contribution in [1.29, 1.82) is 0 Å². The van der Waals surface area contributed by atoms with E-state index >= 15 is 0 Å². The fraction of sp³-hybridized carbons (Fsp3) is 1.00. The molecule has 2 aliphatic rings. The lowest BCUT2D eigenvalue weighted by Crippen LogP contribution is -2.44. The monoisotopic (exact) mass is 196 g/mol. The van der Waals surface area contributed by atoms with Crippen LogP contribution in [0.4, 0.5) is 0 Å². The number of nitrogens with one attached hydrogen (secondary N) is 1. The molecule has 1 aliphatic heterocycles. The summed E-state index contributed by atoms with van der Waals surface area (Å²) in [6.45, 7) is 0.852. The van der Waals surface area contributed by atoms with Crippen molar-refractivity contribution < 1.29 is 0 Å². The normalized spacial score (nSPS) is 31.1. The van der Waals surface area contributed by atoms with Gasteiger partial charge in [0.1, 0.15) is 0 Å². The van der Waals surface area contributed by atoms with Gasteiger partial charge < -0.3 is 11.1 Å². The lowest BCUT2D eigenvalue weighted by Gasteiger charge is -2.34. The fourth-order valence-corrected chi connectivity index (χ4v) is 3.23. The molecular weight excluding hydrogens is 172 g/mol. The van der Waals surface area contributed by atoms with Crippen molar-refractivity contribution in [3.63, 3.8) is 0 Å². The SMILES string of the molecule is NCCCC1CCC2(CCCCC2)N1. The van der Waals surface area contributed by atoms with Gasteiger partial charge in [0, 0.05) is 11.6 Å². The first kappa shape index (κ1) is 10.4. The van der Waals surface area contributed by atoms with Gasteiger partial charge in [-0.25, -0.2) is 0 Å². The molecule has 1 spiro atoms. The summed E-state index contributed by atoms with van der Waals surface area (Å²) in [5.74, 6) is 0. The fourth-order valence-electron chi connectivity index (χ4n) is 3.23. The molecule has 14 heavy (non-hydrogen) atoms. The Hall–Kier alpha value is -0.0800. The minimum atomic E-state index is 0.553. The molecule has 0 aromatic carbocycles. The predicted molar refractivity (Wildman–Crippen MR) is 60.3 cm³/mol. The summed E-state index contributed by atoms with van der Waals surface area (Å²) >= 11 is 0. The Kier molecular flexibility index (Phi) is 3.45. The highest BCUT2D eigenvalue weighted by Gasteiger charge is 2.38. The van der Waals surface area contributed by atoms with Crippen LogP contribution in [0.3, 0.4) is 0 Å². The van der Waals surface area contributed by atoms with Crippen LogP contribution < -0.4 is 11.1 Å². The van der Waals surface area contributed by atoms with Crippen molar-refractivity contribution in [2.45, 2.75) is 69.4 Å². The summed E-state index contributed by atoms with van der Waals surface area (Å²) in [6.07, 6.45) is 12.5. The van der Waals surface area contributed by atoms with Gasteiger partial charge in [-0.05, 0) is 45.1 Å².